The number of hydrogen-bond acceptors (Lipinski definition) is 3. The molecule has 0 aromatic carbocycles. The van der Waals surface area contributed by atoms with Gasteiger partial charge in [-0.25, -0.2) is 9.67 Å². The summed E-state index contributed by atoms with van der Waals surface area (Å²) in [5.74, 6) is 1.18. The molecule has 0 aliphatic carbocycles. The van der Waals surface area contributed by atoms with Gasteiger partial charge in [-0.05, 0) is 19.8 Å². The van der Waals surface area contributed by atoms with Crippen LogP contribution >= 0.6 is 0 Å². The maximum Gasteiger partial charge on any atom is 0.138 e. The molecule has 0 saturated heterocycles. The van der Waals surface area contributed by atoms with E-state index in [4.69, 9.17) is 0 Å². The number of aromatic nitrogens is 3. The maximum atomic E-state index is 9.91. The fraction of sp³-hybridized carbons (Fsp3) is 0.818. The van der Waals surface area contributed by atoms with Gasteiger partial charge >= 0.3 is 0 Å². The Bertz CT molecular complexity index is 296. The highest BCUT2D eigenvalue weighted by Gasteiger charge is 2.17. The monoisotopic (exact) mass is 211 g/mol. The summed E-state index contributed by atoms with van der Waals surface area (Å²) in [5, 5.41) is 14.1. The van der Waals surface area contributed by atoms with E-state index in [1.807, 2.05) is 4.68 Å². The van der Waals surface area contributed by atoms with E-state index in [0.717, 1.165) is 12.2 Å². The number of rotatable bonds is 5. The van der Waals surface area contributed by atoms with Crippen LogP contribution in [-0.2, 0) is 6.42 Å². The third-order valence-corrected chi connectivity index (χ3v) is 2.83. The van der Waals surface area contributed by atoms with E-state index in [1.165, 1.54) is 0 Å². The molecule has 15 heavy (non-hydrogen) atoms. The van der Waals surface area contributed by atoms with Gasteiger partial charge in [0.1, 0.15) is 12.2 Å². The topological polar surface area (TPSA) is 50.9 Å². The standard InChI is InChI=1S/C11H21N3O/c1-5-9(4)10(15)6-11-12-7-13-14(11)8(2)3/h7-10,15H,5-6H2,1-4H3. The first-order chi connectivity index (χ1) is 7.06. The minimum Gasteiger partial charge on any atom is -0.392 e. The van der Waals surface area contributed by atoms with Gasteiger partial charge in [0.25, 0.3) is 0 Å². The molecular weight excluding hydrogens is 190 g/mol. The third kappa shape index (κ3) is 3.02. The fourth-order valence-electron chi connectivity index (χ4n) is 1.51. The van der Waals surface area contributed by atoms with Crippen LogP contribution in [0.4, 0.5) is 0 Å². The molecule has 0 fully saturated rings. The Labute approximate surface area is 91.3 Å². The minimum atomic E-state index is -0.323. The molecule has 1 N–H and O–H groups in total. The van der Waals surface area contributed by atoms with Gasteiger partial charge in [0.05, 0.1) is 6.10 Å². The van der Waals surface area contributed by atoms with Gasteiger partial charge in [-0.1, -0.05) is 20.3 Å². The van der Waals surface area contributed by atoms with E-state index >= 15 is 0 Å². The van der Waals surface area contributed by atoms with Gasteiger partial charge in [0.15, 0.2) is 0 Å². The van der Waals surface area contributed by atoms with Crippen LogP contribution in [0.25, 0.3) is 0 Å². The Hall–Kier alpha value is -0.900. The summed E-state index contributed by atoms with van der Waals surface area (Å²) in [6.45, 7) is 8.27. The first-order valence-corrected chi connectivity index (χ1v) is 5.62. The zero-order chi connectivity index (χ0) is 11.4. The van der Waals surface area contributed by atoms with E-state index in [-0.39, 0.29) is 6.10 Å². The average molecular weight is 211 g/mol. The van der Waals surface area contributed by atoms with Crippen molar-refractivity contribution >= 4 is 0 Å². The predicted molar refractivity (Wildman–Crippen MR) is 59.6 cm³/mol. The Kier molecular flexibility index (Phi) is 4.27. The first kappa shape index (κ1) is 12.2. The van der Waals surface area contributed by atoms with Crippen LogP contribution in [0.15, 0.2) is 6.33 Å². The highest BCUT2D eigenvalue weighted by molar-refractivity contribution is 4.90. The Morgan fingerprint density at radius 1 is 1.40 bits per heavy atom. The summed E-state index contributed by atoms with van der Waals surface area (Å²) >= 11 is 0. The molecular formula is C11H21N3O. The molecule has 4 heteroatoms. The van der Waals surface area contributed by atoms with Crippen LogP contribution in [0.2, 0.25) is 0 Å². The molecule has 86 valence electrons. The average Bonchev–Trinajstić information content (AvgIpc) is 2.64. The van der Waals surface area contributed by atoms with Crippen molar-refractivity contribution in [2.75, 3.05) is 0 Å². The summed E-state index contributed by atoms with van der Waals surface area (Å²) in [5.41, 5.74) is 0. The molecule has 0 spiro atoms. The maximum absolute atomic E-state index is 9.91. The lowest BCUT2D eigenvalue weighted by molar-refractivity contribution is 0.111. The molecule has 0 amide bonds. The lowest BCUT2D eigenvalue weighted by atomic mass is 9.99. The van der Waals surface area contributed by atoms with E-state index in [0.29, 0.717) is 18.4 Å². The van der Waals surface area contributed by atoms with Crippen molar-refractivity contribution < 1.29 is 5.11 Å². The third-order valence-electron chi connectivity index (χ3n) is 2.83. The zero-order valence-corrected chi connectivity index (χ0v) is 10.0. The predicted octanol–water partition coefficient (Wildman–Crippen LogP) is 1.81. The normalized spacial score (nSPS) is 15.6. The number of aliphatic hydroxyl groups excluding tert-OH is 1. The van der Waals surface area contributed by atoms with Crippen molar-refractivity contribution in [1.82, 2.24) is 14.8 Å². The van der Waals surface area contributed by atoms with Gasteiger partial charge in [-0.2, -0.15) is 5.10 Å². The van der Waals surface area contributed by atoms with Gasteiger partial charge in [0, 0.05) is 12.5 Å². The van der Waals surface area contributed by atoms with Crippen molar-refractivity contribution in [2.24, 2.45) is 5.92 Å². The molecule has 1 aromatic heterocycles. The summed E-state index contributed by atoms with van der Waals surface area (Å²) in [4.78, 5) is 4.19. The fourth-order valence-corrected chi connectivity index (χ4v) is 1.51. The van der Waals surface area contributed by atoms with Crippen LogP contribution in [0.5, 0.6) is 0 Å². The molecule has 0 saturated carbocycles. The van der Waals surface area contributed by atoms with Crippen molar-refractivity contribution in [3.63, 3.8) is 0 Å². The second-order valence-electron chi connectivity index (χ2n) is 4.37. The molecule has 0 radical (unpaired) electrons. The van der Waals surface area contributed by atoms with E-state index in [2.05, 4.69) is 37.8 Å². The second-order valence-corrected chi connectivity index (χ2v) is 4.37. The number of hydrogen-bond donors (Lipinski definition) is 1. The van der Waals surface area contributed by atoms with Crippen molar-refractivity contribution in [3.05, 3.63) is 12.2 Å². The lowest BCUT2D eigenvalue weighted by Gasteiger charge is -2.17. The lowest BCUT2D eigenvalue weighted by Crippen LogP contribution is -2.22. The van der Waals surface area contributed by atoms with Crippen molar-refractivity contribution in [1.29, 1.82) is 0 Å². The molecule has 1 heterocycles. The molecule has 4 nitrogen and oxygen atoms in total. The summed E-state index contributed by atoms with van der Waals surface area (Å²) < 4.78 is 1.87. The molecule has 1 aromatic rings. The van der Waals surface area contributed by atoms with Crippen LogP contribution in [0.3, 0.4) is 0 Å². The van der Waals surface area contributed by atoms with Gasteiger partial charge in [-0.15, -0.1) is 0 Å². The summed E-state index contributed by atoms with van der Waals surface area (Å²) in [6.07, 6.45) is 2.81. The number of aliphatic hydroxyl groups is 1. The Morgan fingerprint density at radius 3 is 2.60 bits per heavy atom. The molecule has 2 atom stereocenters. The quantitative estimate of drug-likeness (QED) is 0.808. The minimum absolute atomic E-state index is 0.298. The highest BCUT2D eigenvalue weighted by Crippen LogP contribution is 2.13. The molecule has 1 rings (SSSR count). The Morgan fingerprint density at radius 2 is 2.07 bits per heavy atom. The van der Waals surface area contributed by atoms with Crippen LogP contribution in [0.1, 0.15) is 46.0 Å². The smallest absolute Gasteiger partial charge is 0.138 e. The van der Waals surface area contributed by atoms with Gasteiger partial charge in [-0.3, -0.25) is 0 Å². The molecule has 0 bridgehead atoms. The van der Waals surface area contributed by atoms with Crippen LogP contribution in [0, 0.1) is 5.92 Å². The van der Waals surface area contributed by atoms with Crippen LogP contribution < -0.4 is 0 Å². The van der Waals surface area contributed by atoms with E-state index in [1.54, 1.807) is 6.33 Å². The second kappa shape index (κ2) is 5.26. The van der Waals surface area contributed by atoms with Gasteiger partial charge < -0.3 is 5.11 Å². The molecule has 0 aliphatic heterocycles. The first-order valence-electron chi connectivity index (χ1n) is 5.62. The Balaban J connectivity index is 2.67. The van der Waals surface area contributed by atoms with Crippen molar-refractivity contribution in [3.8, 4) is 0 Å². The van der Waals surface area contributed by atoms with E-state index in [9.17, 15) is 5.11 Å². The van der Waals surface area contributed by atoms with Crippen molar-refractivity contribution in [2.45, 2.75) is 52.7 Å². The SMILES string of the molecule is CCC(C)C(O)Cc1ncnn1C(C)C. The number of nitrogens with zero attached hydrogens (tertiary/aromatic N) is 3. The van der Waals surface area contributed by atoms with E-state index < -0.39 is 0 Å². The zero-order valence-electron chi connectivity index (χ0n) is 10.0. The summed E-state index contributed by atoms with van der Waals surface area (Å²) in [6, 6.07) is 0.298. The molecule has 2 unspecified atom stereocenters. The molecule has 0 aliphatic rings. The van der Waals surface area contributed by atoms with Gasteiger partial charge in [0.2, 0.25) is 0 Å². The van der Waals surface area contributed by atoms with Crippen LogP contribution in [-0.4, -0.2) is 26.0 Å². The largest absolute Gasteiger partial charge is 0.392 e. The highest BCUT2D eigenvalue weighted by atomic mass is 16.3. The summed E-state index contributed by atoms with van der Waals surface area (Å²) in [7, 11) is 0.